The molecular weight excluding hydrogens is 500 g/mol. The Morgan fingerprint density at radius 1 is 0.944 bits per heavy atom. The lowest BCUT2D eigenvalue weighted by molar-refractivity contribution is 0.480. The number of aromatic amines is 1. The normalized spacial score (nSPS) is 11.6. The van der Waals surface area contributed by atoms with Crippen LogP contribution in [0.1, 0.15) is 11.3 Å². The SMILES string of the molecule is O=c1ccccn1Cc1ccc(Oc2cccc(S(=O)(=O)NCc3n[nH]c4ccc(Cl)cc34)c2)cc1. The molecule has 5 aromatic rings. The Labute approximate surface area is 212 Å². The molecule has 8 nitrogen and oxygen atoms in total. The van der Waals surface area contributed by atoms with Crippen molar-refractivity contribution in [1.29, 1.82) is 0 Å². The highest BCUT2D eigenvalue weighted by Gasteiger charge is 2.17. The fourth-order valence-corrected chi connectivity index (χ4v) is 4.91. The monoisotopic (exact) mass is 520 g/mol. The van der Waals surface area contributed by atoms with Crippen molar-refractivity contribution in [1.82, 2.24) is 19.5 Å². The Hall–Kier alpha value is -3.92. The van der Waals surface area contributed by atoms with Gasteiger partial charge in [0.2, 0.25) is 10.0 Å². The third-order valence-electron chi connectivity index (χ3n) is 5.56. The van der Waals surface area contributed by atoms with Gasteiger partial charge in [0.1, 0.15) is 11.5 Å². The van der Waals surface area contributed by atoms with E-state index in [0.717, 1.165) is 16.5 Å². The van der Waals surface area contributed by atoms with Gasteiger partial charge in [0.25, 0.3) is 5.56 Å². The van der Waals surface area contributed by atoms with E-state index in [0.29, 0.717) is 28.8 Å². The second-order valence-corrected chi connectivity index (χ2v) is 10.3. The van der Waals surface area contributed by atoms with Gasteiger partial charge in [-0.1, -0.05) is 35.9 Å². The first-order chi connectivity index (χ1) is 17.4. The van der Waals surface area contributed by atoms with Crippen LogP contribution in [0.3, 0.4) is 0 Å². The first-order valence-corrected chi connectivity index (χ1v) is 12.9. The number of hydrogen-bond acceptors (Lipinski definition) is 5. The zero-order valence-corrected chi connectivity index (χ0v) is 20.5. The van der Waals surface area contributed by atoms with Crippen molar-refractivity contribution in [2.24, 2.45) is 0 Å². The number of benzene rings is 3. The number of sulfonamides is 1. The number of H-pyrrole nitrogens is 1. The van der Waals surface area contributed by atoms with E-state index in [4.69, 9.17) is 16.3 Å². The predicted molar refractivity (Wildman–Crippen MR) is 138 cm³/mol. The van der Waals surface area contributed by atoms with E-state index in [1.165, 1.54) is 18.2 Å². The van der Waals surface area contributed by atoms with Crippen LogP contribution in [0.15, 0.2) is 101 Å². The number of pyridine rings is 1. The number of nitrogens with zero attached hydrogens (tertiary/aromatic N) is 2. The van der Waals surface area contributed by atoms with E-state index < -0.39 is 10.0 Å². The zero-order valence-electron chi connectivity index (χ0n) is 18.9. The number of rotatable bonds is 8. The van der Waals surface area contributed by atoms with E-state index >= 15 is 0 Å². The maximum absolute atomic E-state index is 12.9. The standard InChI is InChI=1S/C26H21ClN4O4S/c27-19-9-12-24-23(14-19)25(30-29-24)16-28-36(33,34)22-5-3-4-21(15-22)35-20-10-7-18(8-11-20)17-31-13-2-1-6-26(31)32/h1-15,28H,16-17H2,(H,29,30). The predicted octanol–water partition coefficient (Wildman–Crippen LogP) is 4.70. The summed E-state index contributed by atoms with van der Waals surface area (Å²) in [4.78, 5) is 12.0. The van der Waals surface area contributed by atoms with Crippen molar-refractivity contribution in [3.63, 3.8) is 0 Å². The first kappa shape index (κ1) is 23.8. The number of hydrogen-bond donors (Lipinski definition) is 2. The smallest absolute Gasteiger partial charge is 0.250 e. The summed E-state index contributed by atoms with van der Waals surface area (Å²) >= 11 is 6.06. The van der Waals surface area contributed by atoms with Gasteiger partial charge in [-0.3, -0.25) is 9.89 Å². The zero-order chi connectivity index (χ0) is 25.1. The van der Waals surface area contributed by atoms with E-state index in [1.54, 1.807) is 65.4 Å². The minimum absolute atomic E-state index is 0.000275. The summed E-state index contributed by atoms with van der Waals surface area (Å²) in [6.07, 6.45) is 1.73. The van der Waals surface area contributed by atoms with Gasteiger partial charge in [-0.2, -0.15) is 5.10 Å². The van der Waals surface area contributed by atoms with Crippen molar-refractivity contribution in [2.75, 3.05) is 0 Å². The van der Waals surface area contributed by atoms with Gasteiger partial charge in [-0.15, -0.1) is 0 Å². The molecule has 0 spiro atoms. The number of nitrogens with one attached hydrogen (secondary N) is 2. The molecule has 36 heavy (non-hydrogen) atoms. The molecule has 10 heteroatoms. The van der Waals surface area contributed by atoms with Gasteiger partial charge < -0.3 is 9.30 Å². The van der Waals surface area contributed by atoms with Crippen LogP contribution in [0.2, 0.25) is 5.02 Å². The van der Waals surface area contributed by atoms with Crippen LogP contribution in [0.25, 0.3) is 10.9 Å². The quantitative estimate of drug-likeness (QED) is 0.308. The Bertz CT molecular complexity index is 1700. The molecule has 182 valence electrons. The second-order valence-electron chi connectivity index (χ2n) is 8.07. The summed E-state index contributed by atoms with van der Waals surface area (Å²) in [5, 5.41) is 8.35. The molecule has 0 aliphatic rings. The highest BCUT2D eigenvalue weighted by molar-refractivity contribution is 7.89. The number of aromatic nitrogens is 3. The van der Waals surface area contributed by atoms with Crippen LogP contribution in [0.4, 0.5) is 0 Å². The van der Waals surface area contributed by atoms with Crippen LogP contribution in [-0.4, -0.2) is 23.2 Å². The molecule has 2 N–H and O–H groups in total. The maximum Gasteiger partial charge on any atom is 0.250 e. The molecule has 0 aliphatic carbocycles. The molecule has 3 aromatic carbocycles. The van der Waals surface area contributed by atoms with E-state index in [-0.39, 0.29) is 17.0 Å². The highest BCUT2D eigenvalue weighted by Crippen LogP contribution is 2.25. The Morgan fingerprint density at radius 3 is 2.58 bits per heavy atom. The summed E-state index contributed by atoms with van der Waals surface area (Å²) in [6, 6.07) is 23.8. The number of halogens is 1. The van der Waals surface area contributed by atoms with Crippen molar-refractivity contribution < 1.29 is 13.2 Å². The first-order valence-electron chi connectivity index (χ1n) is 11.0. The molecule has 0 saturated heterocycles. The summed E-state index contributed by atoms with van der Waals surface area (Å²) in [6.45, 7) is 0.441. The topological polar surface area (TPSA) is 106 Å². The van der Waals surface area contributed by atoms with Gasteiger partial charge in [0, 0.05) is 28.7 Å². The number of fused-ring (bicyclic) bond motifs is 1. The third kappa shape index (κ3) is 5.33. The Morgan fingerprint density at radius 2 is 1.78 bits per heavy atom. The second kappa shape index (κ2) is 9.98. The van der Waals surface area contributed by atoms with Crippen LogP contribution in [-0.2, 0) is 23.1 Å². The third-order valence-corrected chi connectivity index (χ3v) is 7.19. The van der Waals surface area contributed by atoms with Crippen molar-refractivity contribution in [3.05, 3.63) is 118 Å². The van der Waals surface area contributed by atoms with Crippen molar-refractivity contribution >= 4 is 32.5 Å². The molecule has 0 atom stereocenters. The van der Waals surface area contributed by atoms with Gasteiger partial charge in [0.05, 0.1) is 29.2 Å². The molecular formula is C26H21ClN4O4S. The summed E-state index contributed by atoms with van der Waals surface area (Å²) in [5.41, 5.74) is 2.17. The minimum atomic E-state index is -3.82. The highest BCUT2D eigenvalue weighted by atomic mass is 35.5. The van der Waals surface area contributed by atoms with Crippen LogP contribution in [0, 0.1) is 0 Å². The minimum Gasteiger partial charge on any atom is -0.457 e. The Kier molecular flexibility index (Phi) is 6.60. The summed E-state index contributed by atoms with van der Waals surface area (Å²) in [7, 11) is -3.82. The van der Waals surface area contributed by atoms with Crippen LogP contribution < -0.4 is 15.0 Å². The summed E-state index contributed by atoms with van der Waals surface area (Å²) in [5.74, 6) is 0.920. The molecule has 5 rings (SSSR count). The van der Waals surface area contributed by atoms with E-state index in [1.807, 2.05) is 12.1 Å². The van der Waals surface area contributed by atoms with Crippen molar-refractivity contribution in [3.8, 4) is 11.5 Å². The average Bonchev–Trinajstić information content (AvgIpc) is 3.28. The van der Waals surface area contributed by atoms with E-state index in [2.05, 4.69) is 14.9 Å². The molecule has 2 aromatic heterocycles. The summed E-state index contributed by atoms with van der Waals surface area (Å²) < 4.78 is 35.9. The van der Waals surface area contributed by atoms with Crippen LogP contribution >= 0.6 is 11.6 Å². The largest absolute Gasteiger partial charge is 0.457 e. The molecule has 0 fully saturated rings. The van der Waals surface area contributed by atoms with Crippen LogP contribution in [0.5, 0.6) is 11.5 Å². The molecule has 0 aliphatic heterocycles. The molecule has 0 bridgehead atoms. The average molecular weight is 521 g/mol. The fourth-order valence-electron chi connectivity index (χ4n) is 3.71. The lowest BCUT2D eigenvalue weighted by Crippen LogP contribution is -2.23. The fraction of sp³-hybridized carbons (Fsp3) is 0.0769. The number of ether oxygens (including phenoxy) is 1. The maximum atomic E-state index is 12.9. The molecule has 0 unspecified atom stereocenters. The van der Waals surface area contributed by atoms with Gasteiger partial charge >= 0.3 is 0 Å². The lowest BCUT2D eigenvalue weighted by Gasteiger charge is -2.10. The molecule has 0 radical (unpaired) electrons. The Balaban J connectivity index is 1.27. The molecule has 0 amide bonds. The van der Waals surface area contributed by atoms with Gasteiger partial charge in [-0.05, 0) is 54.1 Å². The lowest BCUT2D eigenvalue weighted by atomic mass is 10.2. The molecule has 2 heterocycles. The van der Waals surface area contributed by atoms with Gasteiger partial charge in [0.15, 0.2) is 0 Å². The molecule has 0 saturated carbocycles. The van der Waals surface area contributed by atoms with Gasteiger partial charge in [-0.25, -0.2) is 13.1 Å². The van der Waals surface area contributed by atoms with E-state index in [9.17, 15) is 13.2 Å². The van der Waals surface area contributed by atoms with Crippen molar-refractivity contribution in [2.45, 2.75) is 18.0 Å².